The van der Waals surface area contributed by atoms with E-state index in [4.69, 9.17) is 4.74 Å². The lowest BCUT2D eigenvalue weighted by Crippen LogP contribution is -2.16. The predicted octanol–water partition coefficient (Wildman–Crippen LogP) is 4.94. The number of carbonyl (C=O) groups excluding carboxylic acids is 1. The minimum Gasteiger partial charge on any atom is -0.480 e. The van der Waals surface area contributed by atoms with E-state index in [0.29, 0.717) is 16.1 Å². The zero-order valence-electron chi connectivity index (χ0n) is 17.5. The van der Waals surface area contributed by atoms with Crippen LogP contribution in [-0.2, 0) is 4.79 Å². The van der Waals surface area contributed by atoms with E-state index >= 15 is 0 Å². The topological polar surface area (TPSA) is 81.9 Å². The first kappa shape index (κ1) is 22.2. The van der Waals surface area contributed by atoms with Gasteiger partial charge in [-0.15, -0.1) is 21.5 Å². The fourth-order valence-corrected chi connectivity index (χ4v) is 4.45. The molecule has 30 heavy (non-hydrogen) atoms. The van der Waals surface area contributed by atoms with Crippen LogP contribution in [0.1, 0.15) is 49.3 Å². The summed E-state index contributed by atoms with van der Waals surface area (Å²) in [5.41, 5.74) is 0.913. The minimum absolute atomic E-state index is 0.0384. The lowest BCUT2D eigenvalue weighted by molar-refractivity contribution is -0.113. The number of para-hydroxylation sites is 1. The lowest BCUT2D eigenvalue weighted by atomic mass is 10.3. The molecule has 2 heterocycles. The van der Waals surface area contributed by atoms with Crippen LogP contribution in [0.2, 0.25) is 0 Å². The van der Waals surface area contributed by atoms with Crippen LogP contribution in [0.15, 0.2) is 29.4 Å². The van der Waals surface area contributed by atoms with Crippen LogP contribution < -0.4 is 10.1 Å². The van der Waals surface area contributed by atoms with Crippen molar-refractivity contribution in [1.29, 1.82) is 0 Å². The normalized spacial score (nSPS) is 12.2. The van der Waals surface area contributed by atoms with Gasteiger partial charge in [-0.05, 0) is 46.8 Å². The third kappa shape index (κ3) is 5.17. The van der Waals surface area contributed by atoms with E-state index in [-0.39, 0.29) is 23.5 Å². The number of benzene rings is 1. The zero-order valence-corrected chi connectivity index (χ0v) is 19.1. The number of amides is 1. The highest BCUT2D eigenvalue weighted by molar-refractivity contribution is 7.99. The number of carbonyl (C=O) groups is 1. The van der Waals surface area contributed by atoms with Gasteiger partial charge >= 0.3 is 0 Å². The van der Waals surface area contributed by atoms with Crippen molar-refractivity contribution in [1.82, 2.24) is 19.7 Å². The molecule has 160 valence electrons. The number of halogens is 1. The van der Waals surface area contributed by atoms with E-state index in [9.17, 15) is 9.18 Å². The molecule has 1 amide bonds. The number of rotatable bonds is 8. The SMILES string of the molecule is Cc1nc(NC(=O)CSc2nnc(C(C)Oc3ccccc3F)n2C(C)C)sc1C. The largest absolute Gasteiger partial charge is 0.480 e. The smallest absolute Gasteiger partial charge is 0.236 e. The molecule has 3 aromatic rings. The van der Waals surface area contributed by atoms with Gasteiger partial charge in [0.1, 0.15) is 0 Å². The highest BCUT2D eigenvalue weighted by Gasteiger charge is 2.23. The number of nitrogens with zero attached hydrogens (tertiary/aromatic N) is 4. The van der Waals surface area contributed by atoms with Crippen LogP contribution in [0.3, 0.4) is 0 Å². The molecule has 0 fully saturated rings. The molecular weight excluding hydrogens is 425 g/mol. The molecular formula is C20H24FN5O2S2. The maximum Gasteiger partial charge on any atom is 0.236 e. The summed E-state index contributed by atoms with van der Waals surface area (Å²) in [5.74, 6) is 0.307. The molecule has 0 saturated carbocycles. The molecule has 1 unspecified atom stereocenters. The Bertz CT molecular complexity index is 1010. The number of aromatic nitrogens is 4. The fraction of sp³-hybridized carbons (Fsp3) is 0.400. The van der Waals surface area contributed by atoms with Gasteiger partial charge in [-0.2, -0.15) is 0 Å². The number of anilines is 1. The van der Waals surface area contributed by atoms with Gasteiger partial charge in [0.15, 0.2) is 33.8 Å². The first-order chi connectivity index (χ1) is 14.3. The summed E-state index contributed by atoms with van der Waals surface area (Å²) in [6, 6.07) is 6.28. The van der Waals surface area contributed by atoms with Crippen molar-refractivity contribution in [2.24, 2.45) is 0 Å². The van der Waals surface area contributed by atoms with Crippen LogP contribution in [0.4, 0.5) is 9.52 Å². The van der Waals surface area contributed by atoms with Gasteiger partial charge in [-0.3, -0.25) is 4.79 Å². The third-order valence-electron chi connectivity index (χ3n) is 4.32. The van der Waals surface area contributed by atoms with Crippen LogP contribution in [0, 0.1) is 19.7 Å². The Labute approximate surface area is 183 Å². The van der Waals surface area contributed by atoms with Crippen molar-refractivity contribution in [3.63, 3.8) is 0 Å². The average Bonchev–Trinajstić information content (AvgIpc) is 3.25. The summed E-state index contributed by atoms with van der Waals surface area (Å²) in [4.78, 5) is 17.7. The number of thiazole rings is 1. The van der Waals surface area contributed by atoms with Crippen molar-refractivity contribution < 1.29 is 13.9 Å². The lowest BCUT2D eigenvalue weighted by Gasteiger charge is -2.19. The van der Waals surface area contributed by atoms with Crippen molar-refractivity contribution in [2.75, 3.05) is 11.1 Å². The number of hydrogen-bond donors (Lipinski definition) is 1. The summed E-state index contributed by atoms with van der Waals surface area (Å²) in [6.45, 7) is 9.66. The fourth-order valence-electron chi connectivity index (χ4n) is 2.74. The number of hydrogen-bond acceptors (Lipinski definition) is 7. The molecule has 3 rings (SSSR count). The second-order valence-corrected chi connectivity index (χ2v) is 9.14. The van der Waals surface area contributed by atoms with Gasteiger partial charge in [0.05, 0.1) is 11.4 Å². The van der Waals surface area contributed by atoms with E-state index in [0.717, 1.165) is 10.6 Å². The Hall–Kier alpha value is -2.46. The van der Waals surface area contributed by atoms with E-state index in [1.54, 1.807) is 25.1 Å². The Morgan fingerprint density at radius 3 is 2.63 bits per heavy atom. The van der Waals surface area contributed by atoms with E-state index in [2.05, 4.69) is 20.5 Å². The van der Waals surface area contributed by atoms with Crippen LogP contribution in [0.25, 0.3) is 0 Å². The van der Waals surface area contributed by atoms with E-state index < -0.39 is 11.9 Å². The van der Waals surface area contributed by atoms with Crippen molar-refractivity contribution in [2.45, 2.75) is 51.9 Å². The summed E-state index contributed by atoms with van der Waals surface area (Å²) in [5, 5.41) is 12.5. The Kier molecular flexibility index (Phi) is 7.09. The third-order valence-corrected chi connectivity index (χ3v) is 6.25. The van der Waals surface area contributed by atoms with Gasteiger partial charge in [0.25, 0.3) is 0 Å². The van der Waals surface area contributed by atoms with E-state index in [1.165, 1.54) is 29.2 Å². The molecule has 0 aliphatic heterocycles. The summed E-state index contributed by atoms with van der Waals surface area (Å²) in [7, 11) is 0. The predicted molar refractivity (Wildman–Crippen MR) is 117 cm³/mol. The van der Waals surface area contributed by atoms with Gasteiger partial charge in [0.2, 0.25) is 5.91 Å². The molecule has 0 bridgehead atoms. The molecule has 1 N–H and O–H groups in total. The number of nitrogens with one attached hydrogen (secondary N) is 1. The summed E-state index contributed by atoms with van der Waals surface area (Å²) >= 11 is 2.74. The molecule has 0 spiro atoms. The molecule has 1 atom stereocenters. The van der Waals surface area contributed by atoms with Gasteiger partial charge in [-0.25, -0.2) is 9.37 Å². The summed E-state index contributed by atoms with van der Waals surface area (Å²) in [6.07, 6.45) is -0.513. The van der Waals surface area contributed by atoms with E-state index in [1.807, 2.05) is 32.3 Å². The van der Waals surface area contributed by atoms with Crippen LogP contribution in [0.5, 0.6) is 5.75 Å². The molecule has 10 heteroatoms. The molecule has 0 aliphatic carbocycles. The van der Waals surface area contributed by atoms with Crippen LogP contribution in [-0.4, -0.2) is 31.4 Å². The van der Waals surface area contributed by atoms with Crippen LogP contribution >= 0.6 is 23.1 Å². The van der Waals surface area contributed by atoms with Crippen molar-refractivity contribution >= 4 is 34.1 Å². The van der Waals surface area contributed by atoms with Crippen molar-refractivity contribution in [3.05, 3.63) is 46.5 Å². The highest BCUT2D eigenvalue weighted by atomic mass is 32.2. The van der Waals surface area contributed by atoms with Gasteiger partial charge in [-0.1, -0.05) is 23.9 Å². The Balaban J connectivity index is 1.69. The number of aryl methyl sites for hydroxylation is 2. The maximum absolute atomic E-state index is 13.9. The zero-order chi connectivity index (χ0) is 21.8. The second-order valence-electron chi connectivity index (χ2n) is 6.99. The molecule has 0 saturated heterocycles. The Morgan fingerprint density at radius 1 is 1.27 bits per heavy atom. The number of thioether (sulfide) groups is 1. The van der Waals surface area contributed by atoms with Crippen molar-refractivity contribution in [3.8, 4) is 5.75 Å². The second kappa shape index (κ2) is 9.57. The summed E-state index contributed by atoms with van der Waals surface area (Å²) < 4.78 is 21.6. The highest BCUT2D eigenvalue weighted by Crippen LogP contribution is 2.29. The standard InChI is InChI=1S/C20H24FN5O2S2/c1-11(2)26-18(13(4)28-16-9-7-6-8-15(16)21)24-25-20(26)29-10-17(27)23-19-22-12(3)14(5)30-19/h6-9,11,13H,10H2,1-5H3,(H,22,23,27). The average molecular weight is 450 g/mol. The molecule has 0 aliphatic rings. The Morgan fingerprint density at radius 2 is 2.00 bits per heavy atom. The van der Waals surface area contributed by atoms with Gasteiger partial charge in [0, 0.05) is 10.9 Å². The molecule has 7 nitrogen and oxygen atoms in total. The molecule has 2 aromatic heterocycles. The van der Waals surface area contributed by atoms with Gasteiger partial charge < -0.3 is 14.6 Å². The number of ether oxygens (including phenoxy) is 1. The minimum atomic E-state index is -0.513. The first-order valence-corrected chi connectivity index (χ1v) is 11.3. The monoisotopic (exact) mass is 449 g/mol. The first-order valence-electron chi connectivity index (χ1n) is 9.49. The molecule has 1 aromatic carbocycles. The maximum atomic E-state index is 13.9. The quantitative estimate of drug-likeness (QED) is 0.491. The molecule has 0 radical (unpaired) electrons.